The van der Waals surface area contributed by atoms with Crippen LogP contribution in [0.5, 0.6) is 0 Å². The van der Waals surface area contributed by atoms with Crippen LogP contribution in [0.15, 0.2) is 12.1 Å². The molecule has 1 rings (SSSR count). The highest BCUT2D eigenvalue weighted by molar-refractivity contribution is 5.14. The topological polar surface area (TPSA) is 12.9 Å². The first kappa shape index (κ1) is 8.96. The molecular formula is C7H5F4N. The van der Waals surface area contributed by atoms with Crippen LogP contribution in [0.4, 0.5) is 17.6 Å². The van der Waals surface area contributed by atoms with Gasteiger partial charge in [-0.05, 0) is 19.1 Å². The minimum absolute atomic E-state index is 0.142. The first-order valence-electron chi connectivity index (χ1n) is 3.11. The first-order valence-corrected chi connectivity index (χ1v) is 3.11. The Hall–Kier alpha value is -1.13. The lowest BCUT2D eigenvalue weighted by molar-refractivity contribution is -0.143. The van der Waals surface area contributed by atoms with Crippen molar-refractivity contribution in [2.75, 3.05) is 0 Å². The van der Waals surface area contributed by atoms with Crippen LogP contribution in [-0.2, 0) is 6.18 Å². The number of alkyl halides is 3. The fourth-order valence-electron chi connectivity index (χ4n) is 0.739. The van der Waals surface area contributed by atoms with Gasteiger partial charge in [0.1, 0.15) is 0 Å². The second-order valence-corrected chi connectivity index (χ2v) is 2.28. The summed E-state index contributed by atoms with van der Waals surface area (Å²) in [6.07, 6.45) is -4.71. The van der Waals surface area contributed by atoms with Gasteiger partial charge in [0.25, 0.3) is 0 Å². The first-order chi connectivity index (χ1) is 5.41. The van der Waals surface area contributed by atoms with Crippen molar-refractivity contribution in [2.45, 2.75) is 13.1 Å². The van der Waals surface area contributed by atoms with Crippen molar-refractivity contribution in [3.63, 3.8) is 0 Å². The summed E-state index contributed by atoms with van der Waals surface area (Å²) in [5, 5.41) is 0. The molecule has 0 aliphatic heterocycles. The summed E-state index contributed by atoms with van der Waals surface area (Å²) < 4.78 is 48.3. The quantitative estimate of drug-likeness (QED) is 0.557. The Morgan fingerprint density at radius 1 is 1.25 bits per heavy atom. The molecule has 0 bridgehead atoms. The molecule has 0 N–H and O–H groups in total. The molecule has 66 valence electrons. The summed E-state index contributed by atoms with van der Waals surface area (Å²) >= 11 is 0. The smallest absolute Gasteiger partial charge is 0.246 e. The molecule has 5 heteroatoms. The molecule has 1 nitrogen and oxygen atoms in total. The van der Waals surface area contributed by atoms with Gasteiger partial charge in [0.15, 0.2) is 11.5 Å². The molecule has 0 saturated carbocycles. The van der Waals surface area contributed by atoms with Gasteiger partial charge < -0.3 is 0 Å². The predicted octanol–water partition coefficient (Wildman–Crippen LogP) is 2.55. The molecule has 12 heavy (non-hydrogen) atoms. The van der Waals surface area contributed by atoms with E-state index in [9.17, 15) is 17.6 Å². The van der Waals surface area contributed by atoms with Crippen LogP contribution in [-0.4, -0.2) is 4.98 Å². The van der Waals surface area contributed by atoms with Crippen molar-refractivity contribution in [3.05, 3.63) is 29.3 Å². The molecule has 0 aliphatic rings. The second kappa shape index (κ2) is 2.73. The SMILES string of the molecule is Cc1ccc(F)c(C(F)(F)F)n1. The van der Waals surface area contributed by atoms with Gasteiger partial charge in [0.2, 0.25) is 0 Å². The lowest BCUT2D eigenvalue weighted by Crippen LogP contribution is -2.11. The molecule has 0 atom stereocenters. The molecule has 0 unspecified atom stereocenters. The van der Waals surface area contributed by atoms with Crippen LogP contribution < -0.4 is 0 Å². The maximum absolute atomic E-state index is 12.5. The number of pyridine rings is 1. The maximum atomic E-state index is 12.5. The van der Waals surface area contributed by atoms with E-state index in [4.69, 9.17) is 0 Å². The van der Waals surface area contributed by atoms with Crippen molar-refractivity contribution >= 4 is 0 Å². The van der Waals surface area contributed by atoms with Gasteiger partial charge in [-0.1, -0.05) is 0 Å². The molecule has 0 spiro atoms. The van der Waals surface area contributed by atoms with E-state index >= 15 is 0 Å². The third-order valence-electron chi connectivity index (χ3n) is 1.25. The molecule has 0 amide bonds. The molecule has 1 heterocycles. The number of hydrogen-bond donors (Lipinski definition) is 0. The third kappa shape index (κ3) is 1.72. The number of hydrogen-bond acceptors (Lipinski definition) is 1. The van der Waals surface area contributed by atoms with E-state index in [1.54, 1.807) is 0 Å². The van der Waals surface area contributed by atoms with Crippen molar-refractivity contribution < 1.29 is 17.6 Å². The van der Waals surface area contributed by atoms with Crippen molar-refractivity contribution in [3.8, 4) is 0 Å². The lowest BCUT2D eigenvalue weighted by atomic mass is 10.3. The van der Waals surface area contributed by atoms with Gasteiger partial charge in [-0.3, -0.25) is 0 Å². The van der Waals surface area contributed by atoms with Crippen molar-refractivity contribution in [1.29, 1.82) is 0 Å². The highest BCUT2D eigenvalue weighted by atomic mass is 19.4. The lowest BCUT2D eigenvalue weighted by Gasteiger charge is -2.06. The molecule has 0 aromatic carbocycles. The van der Waals surface area contributed by atoms with E-state index in [1.165, 1.54) is 13.0 Å². The zero-order valence-corrected chi connectivity index (χ0v) is 6.11. The summed E-state index contributed by atoms with van der Waals surface area (Å²) in [4.78, 5) is 3.04. The van der Waals surface area contributed by atoms with E-state index in [-0.39, 0.29) is 5.69 Å². The van der Waals surface area contributed by atoms with Gasteiger partial charge in [-0.15, -0.1) is 0 Å². The fourth-order valence-corrected chi connectivity index (χ4v) is 0.739. The third-order valence-corrected chi connectivity index (χ3v) is 1.25. The highest BCUT2D eigenvalue weighted by Crippen LogP contribution is 2.29. The molecule has 0 fully saturated rings. The standard InChI is InChI=1S/C7H5F4N/c1-4-2-3-5(8)6(12-4)7(9,10)11/h2-3H,1H3. The van der Waals surface area contributed by atoms with Crippen molar-refractivity contribution in [1.82, 2.24) is 4.98 Å². The van der Waals surface area contributed by atoms with Gasteiger partial charge in [-0.25, -0.2) is 9.37 Å². The van der Waals surface area contributed by atoms with Crippen LogP contribution in [0, 0.1) is 12.7 Å². The van der Waals surface area contributed by atoms with E-state index in [0.717, 1.165) is 6.07 Å². The van der Waals surface area contributed by atoms with Crippen molar-refractivity contribution in [2.24, 2.45) is 0 Å². The zero-order chi connectivity index (χ0) is 9.35. The zero-order valence-electron chi connectivity index (χ0n) is 6.11. The monoisotopic (exact) mass is 179 g/mol. The van der Waals surface area contributed by atoms with Crippen LogP contribution in [0.25, 0.3) is 0 Å². The Kier molecular flexibility index (Phi) is 2.04. The van der Waals surface area contributed by atoms with Crippen LogP contribution in [0.3, 0.4) is 0 Å². The van der Waals surface area contributed by atoms with Gasteiger partial charge in [0.05, 0.1) is 0 Å². The Morgan fingerprint density at radius 2 is 1.83 bits per heavy atom. The average molecular weight is 179 g/mol. The van der Waals surface area contributed by atoms with Crippen LogP contribution in [0.2, 0.25) is 0 Å². The molecule has 0 aliphatic carbocycles. The summed E-state index contributed by atoms with van der Waals surface area (Å²) in [6.45, 7) is 1.37. The number of rotatable bonds is 0. The second-order valence-electron chi connectivity index (χ2n) is 2.28. The van der Waals surface area contributed by atoms with Gasteiger partial charge >= 0.3 is 6.18 Å². The van der Waals surface area contributed by atoms with E-state index in [0.29, 0.717) is 0 Å². The number of aryl methyl sites for hydroxylation is 1. The molecular weight excluding hydrogens is 174 g/mol. The molecule has 0 radical (unpaired) electrons. The largest absolute Gasteiger partial charge is 0.436 e. The van der Waals surface area contributed by atoms with E-state index < -0.39 is 17.7 Å². The van der Waals surface area contributed by atoms with Crippen LogP contribution in [0.1, 0.15) is 11.4 Å². The number of nitrogens with zero attached hydrogens (tertiary/aromatic N) is 1. The summed E-state index contributed by atoms with van der Waals surface area (Å²) in [5.41, 5.74) is -1.31. The summed E-state index contributed by atoms with van der Waals surface area (Å²) in [5.74, 6) is -1.34. The van der Waals surface area contributed by atoms with Gasteiger partial charge in [0, 0.05) is 5.69 Å². The number of aromatic nitrogens is 1. The minimum Gasteiger partial charge on any atom is -0.246 e. The highest BCUT2D eigenvalue weighted by Gasteiger charge is 2.35. The van der Waals surface area contributed by atoms with E-state index in [2.05, 4.69) is 4.98 Å². The molecule has 1 aromatic heterocycles. The minimum atomic E-state index is -4.71. The predicted molar refractivity (Wildman–Crippen MR) is 33.9 cm³/mol. The number of halogens is 4. The van der Waals surface area contributed by atoms with Crippen LogP contribution >= 0.6 is 0 Å². The molecule has 1 aromatic rings. The molecule has 0 saturated heterocycles. The van der Waals surface area contributed by atoms with E-state index in [1.807, 2.05) is 0 Å². The van der Waals surface area contributed by atoms with Gasteiger partial charge in [-0.2, -0.15) is 13.2 Å². The maximum Gasteiger partial charge on any atom is 0.436 e. The summed E-state index contributed by atoms with van der Waals surface area (Å²) in [7, 11) is 0. The Bertz CT molecular complexity index is 292. The summed E-state index contributed by atoms with van der Waals surface area (Å²) in [6, 6.07) is 1.94. The Labute approximate surface area is 66.0 Å². The Balaban J connectivity index is 3.23. The average Bonchev–Trinajstić information content (AvgIpc) is 1.92. The Morgan fingerprint density at radius 3 is 2.25 bits per heavy atom. The normalized spacial score (nSPS) is 11.8. The fraction of sp³-hybridized carbons (Fsp3) is 0.286.